The summed E-state index contributed by atoms with van der Waals surface area (Å²) in [5.74, 6) is 2.80. The number of hydrogen-bond acceptors (Lipinski definition) is 5. The standard InChI is InChI=1S/C21H25N3O3/c1-13(2)7-19-22-9-16-10-24(11-17(16)23-19)21(25)15-8-14-5-4-6-18(26-3)20(14)27-12-15/h4-6,9,13,15H,7-8,10-12H2,1-3H3. The summed E-state index contributed by atoms with van der Waals surface area (Å²) in [4.78, 5) is 24.1. The van der Waals surface area contributed by atoms with Crippen molar-refractivity contribution in [1.82, 2.24) is 14.9 Å². The third-order valence-corrected chi connectivity index (χ3v) is 5.13. The zero-order valence-electron chi connectivity index (χ0n) is 16.1. The normalized spacial score (nSPS) is 18.1. The Balaban J connectivity index is 1.46. The Kier molecular flexibility index (Phi) is 4.72. The average molecular weight is 367 g/mol. The van der Waals surface area contributed by atoms with E-state index in [-0.39, 0.29) is 11.8 Å². The van der Waals surface area contributed by atoms with Gasteiger partial charge >= 0.3 is 0 Å². The molecule has 2 aliphatic rings. The van der Waals surface area contributed by atoms with Crippen LogP contribution in [0, 0.1) is 11.8 Å². The second-order valence-electron chi connectivity index (χ2n) is 7.71. The van der Waals surface area contributed by atoms with E-state index in [0.717, 1.165) is 40.6 Å². The lowest BCUT2D eigenvalue weighted by Crippen LogP contribution is -2.38. The number of nitrogens with zero attached hydrogens (tertiary/aromatic N) is 3. The Morgan fingerprint density at radius 1 is 1.33 bits per heavy atom. The van der Waals surface area contributed by atoms with Gasteiger partial charge < -0.3 is 14.4 Å². The highest BCUT2D eigenvalue weighted by atomic mass is 16.5. The fraction of sp³-hybridized carbons (Fsp3) is 0.476. The van der Waals surface area contributed by atoms with Crippen molar-refractivity contribution in [3.8, 4) is 11.5 Å². The quantitative estimate of drug-likeness (QED) is 0.831. The first kappa shape index (κ1) is 17.8. The fourth-order valence-corrected chi connectivity index (χ4v) is 3.79. The van der Waals surface area contributed by atoms with Crippen molar-refractivity contribution >= 4 is 5.91 Å². The summed E-state index contributed by atoms with van der Waals surface area (Å²) in [6.07, 6.45) is 3.41. The van der Waals surface area contributed by atoms with Crippen LogP contribution in [0.15, 0.2) is 24.4 Å². The monoisotopic (exact) mass is 367 g/mol. The maximum atomic E-state index is 13.1. The molecule has 1 amide bonds. The third kappa shape index (κ3) is 3.48. The molecule has 1 aromatic carbocycles. The molecule has 6 heteroatoms. The number of ether oxygens (including phenoxy) is 2. The van der Waals surface area contributed by atoms with Gasteiger partial charge in [0.25, 0.3) is 0 Å². The van der Waals surface area contributed by atoms with Crippen LogP contribution < -0.4 is 9.47 Å². The van der Waals surface area contributed by atoms with Gasteiger partial charge in [0.05, 0.1) is 25.3 Å². The molecule has 2 aromatic rings. The highest BCUT2D eigenvalue weighted by Crippen LogP contribution is 2.37. The van der Waals surface area contributed by atoms with Gasteiger partial charge in [0, 0.05) is 24.7 Å². The molecule has 0 bridgehead atoms. The van der Waals surface area contributed by atoms with E-state index in [1.165, 1.54) is 0 Å². The van der Waals surface area contributed by atoms with Crippen molar-refractivity contribution in [3.63, 3.8) is 0 Å². The molecule has 3 heterocycles. The van der Waals surface area contributed by atoms with Gasteiger partial charge in [-0.1, -0.05) is 26.0 Å². The summed E-state index contributed by atoms with van der Waals surface area (Å²) >= 11 is 0. The molecule has 0 spiro atoms. The topological polar surface area (TPSA) is 64.6 Å². The molecule has 0 radical (unpaired) electrons. The Morgan fingerprint density at radius 3 is 2.96 bits per heavy atom. The Hall–Kier alpha value is -2.63. The van der Waals surface area contributed by atoms with Gasteiger partial charge in [0.2, 0.25) is 5.91 Å². The number of methoxy groups -OCH3 is 1. The highest BCUT2D eigenvalue weighted by Gasteiger charge is 2.34. The van der Waals surface area contributed by atoms with Crippen LogP contribution in [-0.4, -0.2) is 34.5 Å². The van der Waals surface area contributed by atoms with Crippen molar-refractivity contribution in [2.24, 2.45) is 11.8 Å². The zero-order valence-corrected chi connectivity index (χ0v) is 16.1. The molecule has 0 saturated carbocycles. The Bertz CT molecular complexity index is 866. The van der Waals surface area contributed by atoms with Gasteiger partial charge in [0.15, 0.2) is 11.5 Å². The van der Waals surface area contributed by atoms with E-state index in [1.807, 2.05) is 29.3 Å². The minimum atomic E-state index is -0.179. The van der Waals surface area contributed by atoms with Crippen LogP contribution in [0.1, 0.15) is 36.5 Å². The van der Waals surface area contributed by atoms with Crippen LogP contribution in [0.3, 0.4) is 0 Å². The van der Waals surface area contributed by atoms with Gasteiger partial charge in [-0.3, -0.25) is 4.79 Å². The average Bonchev–Trinajstić information content (AvgIpc) is 3.09. The Morgan fingerprint density at radius 2 is 2.19 bits per heavy atom. The molecule has 27 heavy (non-hydrogen) atoms. The lowest BCUT2D eigenvalue weighted by molar-refractivity contribution is -0.137. The predicted octanol–water partition coefficient (Wildman–Crippen LogP) is 2.78. The van der Waals surface area contributed by atoms with E-state index in [1.54, 1.807) is 7.11 Å². The zero-order chi connectivity index (χ0) is 19.0. The SMILES string of the molecule is COc1cccc2c1OCC(C(=O)N1Cc3cnc(CC(C)C)nc3C1)C2. The summed E-state index contributed by atoms with van der Waals surface area (Å²) in [6.45, 7) is 5.83. The number of aromatic nitrogens is 2. The van der Waals surface area contributed by atoms with Crippen molar-refractivity contribution in [2.45, 2.75) is 39.8 Å². The van der Waals surface area contributed by atoms with Crippen LogP contribution in [-0.2, 0) is 30.7 Å². The largest absolute Gasteiger partial charge is 0.493 e. The molecule has 1 aromatic heterocycles. The molecule has 0 saturated heterocycles. The number of amides is 1. The molecule has 1 unspecified atom stereocenters. The number of carbonyl (C=O) groups excluding carboxylic acids is 1. The number of benzene rings is 1. The summed E-state index contributed by atoms with van der Waals surface area (Å²) in [6, 6.07) is 5.82. The molecule has 0 aliphatic carbocycles. The van der Waals surface area contributed by atoms with Crippen molar-refractivity contribution in [2.75, 3.05) is 13.7 Å². The lowest BCUT2D eigenvalue weighted by atomic mass is 9.95. The molecule has 0 fully saturated rings. The van der Waals surface area contributed by atoms with Gasteiger partial charge in [-0.15, -0.1) is 0 Å². The number of carbonyl (C=O) groups is 1. The summed E-state index contributed by atoms with van der Waals surface area (Å²) in [5.41, 5.74) is 3.05. The third-order valence-electron chi connectivity index (χ3n) is 5.13. The van der Waals surface area contributed by atoms with E-state index in [9.17, 15) is 4.79 Å². The van der Waals surface area contributed by atoms with E-state index >= 15 is 0 Å². The second-order valence-corrected chi connectivity index (χ2v) is 7.71. The van der Waals surface area contributed by atoms with Gasteiger partial charge in [-0.2, -0.15) is 0 Å². The number of rotatable bonds is 4. The van der Waals surface area contributed by atoms with Crippen LogP contribution in [0.2, 0.25) is 0 Å². The minimum absolute atomic E-state index is 0.117. The van der Waals surface area contributed by atoms with Gasteiger partial charge in [-0.25, -0.2) is 9.97 Å². The van der Waals surface area contributed by atoms with Gasteiger partial charge in [0.1, 0.15) is 12.4 Å². The molecule has 1 atom stereocenters. The minimum Gasteiger partial charge on any atom is -0.493 e. The molecular formula is C21H25N3O3. The van der Waals surface area contributed by atoms with Crippen LogP contribution in [0.4, 0.5) is 0 Å². The number of fused-ring (bicyclic) bond motifs is 2. The predicted molar refractivity (Wildman–Crippen MR) is 101 cm³/mol. The smallest absolute Gasteiger partial charge is 0.230 e. The van der Waals surface area contributed by atoms with Crippen molar-refractivity contribution < 1.29 is 14.3 Å². The van der Waals surface area contributed by atoms with Gasteiger partial charge in [-0.05, 0) is 24.0 Å². The van der Waals surface area contributed by atoms with E-state index < -0.39 is 0 Å². The van der Waals surface area contributed by atoms with Crippen LogP contribution >= 0.6 is 0 Å². The fourth-order valence-electron chi connectivity index (χ4n) is 3.79. The summed E-state index contributed by atoms with van der Waals surface area (Å²) < 4.78 is 11.2. The number of hydrogen-bond donors (Lipinski definition) is 0. The Labute approximate surface area is 159 Å². The van der Waals surface area contributed by atoms with Crippen molar-refractivity contribution in [1.29, 1.82) is 0 Å². The first-order valence-corrected chi connectivity index (χ1v) is 9.46. The van der Waals surface area contributed by atoms with E-state index in [4.69, 9.17) is 9.47 Å². The summed E-state index contributed by atoms with van der Waals surface area (Å²) in [5, 5.41) is 0. The first-order valence-electron chi connectivity index (χ1n) is 9.46. The summed E-state index contributed by atoms with van der Waals surface area (Å²) in [7, 11) is 1.63. The van der Waals surface area contributed by atoms with E-state index in [0.29, 0.717) is 32.0 Å². The lowest BCUT2D eigenvalue weighted by Gasteiger charge is -2.28. The van der Waals surface area contributed by atoms with E-state index in [2.05, 4.69) is 23.8 Å². The van der Waals surface area contributed by atoms with Crippen LogP contribution in [0.25, 0.3) is 0 Å². The molecule has 142 valence electrons. The molecule has 0 N–H and O–H groups in total. The molecule has 6 nitrogen and oxygen atoms in total. The van der Waals surface area contributed by atoms with Crippen molar-refractivity contribution in [3.05, 3.63) is 47.0 Å². The van der Waals surface area contributed by atoms with Crippen LogP contribution in [0.5, 0.6) is 11.5 Å². The maximum absolute atomic E-state index is 13.1. The number of para-hydroxylation sites is 1. The molecular weight excluding hydrogens is 342 g/mol. The second kappa shape index (κ2) is 7.18. The molecule has 2 aliphatic heterocycles. The maximum Gasteiger partial charge on any atom is 0.230 e. The molecule has 4 rings (SSSR count). The highest BCUT2D eigenvalue weighted by molar-refractivity contribution is 5.80. The first-order chi connectivity index (χ1) is 13.0.